The molecule has 0 unspecified atom stereocenters. The molecule has 19 heavy (non-hydrogen) atoms. The number of hydrogen-bond acceptors (Lipinski definition) is 4. The van der Waals surface area contributed by atoms with Crippen LogP contribution in [0.5, 0.6) is 0 Å². The number of anilines is 3. The van der Waals surface area contributed by atoms with Crippen molar-refractivity contribution in [2.75, 3.05) is 17.2 Å². The largest absolute Gasteiger partial charge is 0.370 e. The second-order valence-electron chi connectivity index (χ2n) is 4.22. The highest BCUT2D eigenvalue weighted by Gasteiger charge is 2.04. The van der Waals surface area contributed by atoms with Crippen LogP contribution >= 0.6 is 11.6 Å². The van der Waals surface area contributed by atoms with Crippen molar-refractivity contribution >= 4 is 28.9 Å². The highest BCUT2D eigenvalue weighted by molar-refractivity contribution is 6.33. The Hall–Kier alpha value is -1.81. The van der Waals surface area contributed by atoms with Crippen LogP contribution in [0.25, 0.3) is 0 Å². The Morgan fingerprint density at radius 3 is 2.63 bits per heavy atom. The fourth-order valence-electron chi connectivity index (χ4n) is 1.68. The van der Waals surface area contributed by atoms with Gasteiger partial charge >= 0.3 is 0 Å². The van der Waals surface area contributed by atoms with E-state index in [4.69, 9.17) is 11.6 Å². The Balaban J connectivity index is 2.20. The summed E-state index contributed by atoms with van der Waals surface area (Å²) in [6.07, 6.45) is 1.05. The Bertz CT molecular complexity index is 557. The molecule has 4 nitrogen and oxygen atoms in total. The van der Waals surface area contributed by atoms with E-state index in [2.05, 4.69) is 27.5 Å². The van der Waals surface area contributed by atoms with Gasteiger partial charge in [-0.2, -0.15) is 0 Å². The summed E-state index contributed by atoms with van der Waals surface area (Å²) < 4.78 is 0. The topological polar surface area (TPSA) is 49.8 Å². The van der Waals surface area contributed by atoms with E-state index in [0.29, 0.717) is 5.02 Å². The number of hydrogen-bond donors (Lipinski definition) is 2. The van der Waals surface area contributed by atoms with Crippen LogP contribution in [0.15, 0.2) is 30.3 Å². The first-order valence-electron chi connectivity index (χ1n) is 6.30. The quantitative estimate of drug-likeness (QED) is 0.866. The van der Waals surface area contributed by atoms with E-state index in [1.54, 1.807) is 0 Å². The molecule has 0 radical (unpaired) electrons. The van der Waals surface area contributed by atoms with Crippen LogP contribution in [0, 0.1) is 6.92 Å². The molecule has 0 aliphatic heterocycles. The van der Waals surface area contributed by atoms with Crippen molar-refractivity contribution in [3.63, 3.8) is 0 Å². The maximum absolute atomic E-state index is 6.12. The van der Waals surface area contributed by atoms with E-state index < -0.39 is 0 Å². The molecule has 0 aliphatic carbocycles. The highest BCUT2D eigenvalue weighted by atomic mass is 35.5. The lowest BCUT2D eigenvalue weighted by atomic mass is 10.3. The van der Waals surface area contributed by atoms with Gasteiger partial charge in [-0.3, -0.25) is 0 Å². The molecule has 0 atom stereocenters. The molecule has 1 heterocycles. The van der Waals surface area contributed by atoms with Crippen LogP contribution < -0.4 is 10.6 Å². The van der Waals surface area contributed by atoms with Gasteiger partial charge in [-0.15, -0.1) is 0 Å². The molecule has 0 bridgehead atoms. The van der Waals surface area contributed by atoms with Gasteiger partial charge in [0.05, 0.1) is 10.7 Å². The summed E-state index contributed by atoms with van der Waals surface area (Å²) in [5.74, 6) is 2.28. The Labute approximate surface area is 118 Å². The average molecular weight is 277 g/mol. The van der Waals surface area contributed by atoms with Gasteiger partial charge in [-0.1, -0.05) is 30.7 Å². The van der Waals surface area contributed by atoms with Crippen molar-refractivity contribution in [1.29, 1.82) is 0 Å². The van der Waals surface area contributed by atoms with Crippen molar-refractivity contribution in [3.8, 4) is 0 Å². The van der Waals surface area contributed by atoms with E-state index in [-0.39, 0.29) is 0 Å². The van der Waals surface area contributed by atoms with Crippen LogP contribution in [-0.4, -0.2) is 16.5 Å². The summed E-state index contributed by atoms with van der Waals surface area (Å²) >= 11 is 6.12. The predicted octanol–water partition coefficient (Wildman–Crippen LogP) is 4.00. The van der Waals surface area contributed by atoms with Gasteiger partial charge < -0.3 is 10.6 Å². The predicted molar refractivity (Wildman–Crippen MR) is 80.3 cm³/mol. The zero-order chi connectivity index (χ0) is 13.7. The highest BCUT2D eigenvalue weighted by Crippen LogP contribution is 2.24. The van der Waals surface area contributed by atoms with E-state index in [9.17, 15) is 0 Å². The first kappa shape index (κ1) is 13.6. The first-order chi connectivity index (χ1) is 9.19. The number of benzene rings is 1. The van der Waals surface area contributed by atoms with E-state index in [1.807, 2.05) is 37.3 Å². The van der Waals surface area contributed by atoms with Gasteiger partial charge in [0.15, 0.2) is 0 Å². The molecule has 0 fully saturated rings. The molecule has 0 spiro atoms. The molecule has 0 saturated heterocycles. The van der Waals surface area contributed by atoms with Gasteiger partial charge in [-0.25, -0.2) is 9.97 Å². The Morgan fingerprint density at radius 2 is 1.89 bits per heavy atom. The number of aryl methyl sites for hydroxylation is 1. The SMILES string of the molecule is CCCNc1cc(Nc2ccccc2Cl)nc(C)n1. The standard InChI is InChI=1S/C14H17ClN4/c1-3-8-16-13-9-14(18-10(2)17-13)19-12-7-5-4-6-11(12)15/h4-7,9H,3,8H2,1-2H3,(H2,16,17,18,19). The Kier molecular flexibility index (Phi) is 4.58. The van der Waals surface area contributed by atoms with Crippen molar-refractivity contribution in [3.05, 3.63) is 41.2 Å². The fraction of sp³-hybridized carbons (Fsp3) is 0.286. The number of nitrogens with one attached hydrogen (secondary N) is 2. The maximum atomic E-state index is 6.12. The third kappa shape index (κ3) is 3.83. The molecule has 2 aromatic rings. The summed E-state index contributed by atoms with van der Waals surface area (Å²) in [4.78, 5) is 8.70. The van der Waals surface area contributed by atoms with Crippen LogP contribution in [0.3, 0.4) is 0 Å². The smallest absolute Gasteiger partial charge is 0.136 e. The third-order valence-corrected chi connectivity index (χ3v) is 2.86. The van der Waals surface area contributed by atoms with Crippen LogP contribution in [0.2, 0.25) is 5.02 Å². The molecule has 1 aromatic heterocycles. The zero-order valence-electron chi connectivity index (χ0n) is 11.1. The monoisotopic (exact) mass is 276 g/mol. The molecular weight excluding hydrogens is 260 g/mol. The molecule has 0 amide bonds. The minimum absolute atomic E-state index is 0.668. The minimum Gasteiger partial charge on any atom is -0.370 e. The summed E-state index contributed by atoms with van der Waals surface area (Å²) in [5, 5.41) is 7.13. The number of aromatic nitrogens is 2. The lowest BCUT2D eigenvalue weighted by Crippen LogP contribution is -2.05. The summed E-state index contributed by atoms with van der Waals surface area (Å²) in [7, 11) is 0. The molecule has 2 rings (SSSR count). The van der Waals surface area contributed by atoms with Gasteiger partial charge in [0, 0.05) is 12.6 Å². The first-order valence-corrected chi connectivity index (χ1v) is 6.68. The van der Waals surface area contributed by atoms with Gasteiger partial charge in [-0.05, 0) is 25.5 Å². The molecule has 0 aliphatic rings. The van der Waals surface area contributed by atoms with Gasteiger partial charge in [0.2, 0.25) is 0 Å². The summed E-state index contributed by atoms with van der Waals surface area (Å²) in [6, 6.07) is 9.46. The van der Waals surface area contributed by atoms with Crippen molar-refractivity contribution in [1.82, 2.24) is 9.97 Å². The number of rotatable bonds is 5. The lowest BCUT2D eigenvalue weighted by molar-refractivity contribution is 0.955. The lowest BCUT2D eigenvalue weighted by Gasteiger charge is -2.10. The van der Waals surface area contributed by atoms with Crippen molar-refractivity contribution in [2.45, 2.75) is 20.3 Å². The molecular formula is C14H17ClN4. The molecule has 2 N–H and O–H groups in total. The fourth-order valence-corrected chi connectivity index (χ4v) is 1.86. The van der Waals surface area contributed by atoms with Crippen LogP contribution in [0.4, 0.5) is 17.3 Å². The summed E-state index contributed by atoms with van der Waals surface area (Å²) in [5.41, 5.74) is 0.837. The number of halogens is 1. The van der Waals surface area contributed by atoms with E-state index in [1.165, 1.54) is 0 Å². The molecule has 100 valence electrons. The normalized spacial score (nSPS) is 10.3. The average Bonchev–Trinajstić information content (AvgIpc) is 2.38. The zero-order valence-corrected chi connectivity index (χ0v) is 11.8. The van der Waals surface area contributed by atoms with E-state index >= 15 is 0 Å². The molecule has 5 heteroatoms. The number of para-hydroxylation sites is 1. The van der Waals surface area contributed by atoms with Crippen LogP contribution in [0.1, 0.15) is 19.2 Å². The van der Waals surface area contributed by atoms with Crippen molar-refractivity contribution < 1.29 is 0 Å². The second-order valence-corrected chi connectivity index (χ2v) is 4.62. The maximum Gasteiger partial charge on any atom is 0.136 e. The minimum atomic E-state index is 0.668. The second kappa shape index (κ2) is 6.38. The van der Waals surface area contributed by atoms with Crippen molar-refractivity contribution in [2.24, 2.45) is 0 Å². The molecule has 1 aromatic carbocycles. The molecule has 0 saturated carbocycles. The summed E-state index contributed by atoms with van der Waals surface area (Å²) in [6.45, 7) is 4.88. The van der Waals surface area contributed by atoms with Crippen LogP contribution in [-0.2, 0) is 0 Å². The van der Waals surface area contributed by atoms with Gasteiger partial charge in [0.25, 0.3) is 0 Å². The third-order valence-electron chi connectivity index (χ3n) is 2.53. The number of nitrogens with zero attached hydrogens (tertiary/aromatic N) is 2. The van der Waals surface area contributed by atoms with E-state index in [0.717, 1.165) is 36.1 Å². The Morgan fingerprint density at radius 1 is 1.16 bits per heavy atom. The van der Waals surface area contributed by atoms with Gasteiger partial charge in [0.1, 0.15) is 17.5 Å².